The highest BCUT2D eigenvalue weighted by atomic mass is 19.1. The molecule has 1 N–H and O–H groups in total. The second-order valence-electron chi connectivity index (χ2n) is 7.47. The third-order valence-electron chi connectivity index (χ3n) is 5.05. The summed E-state index contributed by atoms with van der Waals surface area (Å²) in [6.07, 6.45) is 1.25. The number of nitrogens with one attached hydrogen (secondary N) is 1. The molecule has 2 amide bonds. The van der Waals surface area contributed by atoms with Gasteiger partial charge in [-0.05, 0) is 44.4 Å². The van der Waals surface area contributed by atoms with Gasteiger partial charge in [-0.2, -0.15) is 0 Å². The number of aryl methyl sites for hydroxylation is 1. The van der Waals surface area contributed by atoms with Crippen molar-refractivity contribution < 1.29 is 18.7 Å². The summed E-state index contributed by atoms with van der Waals surface area (Å²) < 4.78 is 19.3. The van der Waals surface area contributed by atoms with Gasteiger partial charge in [0.15, 0.2) is 18.2 Å². The van der Waals surface area contributed by atoms with Crippen LogP contribution in [0.1, 0.15) is 44.7 Å². The highest BCUT2D eigenvalue weighted by Gasteiger charge is 2.29. The van der Waals surface area contributed by atoms with Crippen LogP contribution < -0.4 is 10.1 Å². The number of ether oxygens (including phenoxy) is 1. The average molecular weight is 415 g/mol. The number of para-hydroxylation sites is 1. The van der Waals surface area contributed by atoms with Crippen molar-refractivity contribution in [3.63, 3.8) is 0 Å². The Bertz CT molecular complexity index is 839. The molecular weight excluding hydrogens is 383 g/mol. The van der Waals surface area contributed by atoms with Crippen LogP contribution in [0.25, 0.3) is 0 Å². The summed E-state index contributed by atoms with van der Waals surface area (Å²) in [4.78, 5) is 27.4. The lowest BCUT2D eigenvalue weighted by molar-refractivity contribution is -0.143. The molecule has 0 aliphatic carbocycles. The van der Waals surface area contributed by atoms with Crippen LogP contribution in [-0.4, -0.2) is 35.4 Å². The van der Waals surface area contributed by atoms with Crippen molar-refractivity contribution in [2.45, 2.75) is 59.2 Å². The standard InChI is InChI=1S/C24H31FN2O3/c1-5-18(4)26-24(29)21(6-2)27(15-19-13-11-17(3)12-14-19)23(28)16-30-22-10-8-7-9-20(22)25/h7-14,18,21H,5-6,15-16H2,1-4H3,(H,26,29). The van der Waals surface area contributed by atoms with Crippen molar-refractivity contribution >= 4 is 11.8 Å². The fourth-order valence-corrected chi connectivity index (χ4v) is 3.03. The molecule has 6 heteroatoms. The molecule has 2 unspecified atom stereocenters. The second-order valence-corrected chi connectivity index (χ2v) is 7.47. The number of hydrogen-bond donors (Lipinski definition) is 1. The predicted octanol–water partition coefficient (Wildman–Crippen LogP) is 4.24. The molecule has 0 saturated carbocycles. The molecule has 0 radical (unpaired) electrons. The number of carbonyl (C=O) groups is 2. The first-order valence-corrected chi connectivity index (χ1v) is 10.4. The molecule has 0 saturated heterocycles. The third-order valence-corrected chi connectivity index (χ3v) is 5.05. The first-order valence-electron chi connectivity index (χ1n) is 10.4. The van der Waals surface area contributed by atoms with Gasteiger partial charge in [0.25, 0.3) is 5.91 Å². The van der Waals surface area contributed by atoms with E-state index < -0.39 is 11.9 Å². The van der Waals surface area contributed by atoms with Crippen LogP contribution in [-0.2, 0) is 16.1 Å². The van der Waals surface area contributed by atoms with E-state index in [2.05, 4.69) is 5.32 Å². The lowest BCUT2D eigenvalue weighted by atomic mass is 10.1. The zero-order chi connectivity index (χ0) is 22.1. The van der Waals surface area contributed by atoms with E-state index >= 15 is 0 Å². The molecule has 2 aromatic rings. The van der Waals surface area contributed by atoms with Gasteiger partial charge >= 0.3 is 0 Å². The fourth-order valence-electron chi connectivity index (χ4n) is 3.03. The summed E-state index contributed by atoms with van der Waals surface area (Å²) in [6, 6.07) is 13.1. The Morgan fingerprint density at radius 2 is 1.73 bits per heavy atom. The molecule has 162 valence electrons. The Labute approximate surface area is 178 Å². The molecule has 0 aromatic heterocycles. The van der Waals surface area contributed by atoms with E-state index in [-0.39, 0.29) is 36.8 Å². The normalized spacial score (nSPS) is 12.7. The van der Waals surface area contributed by atoms with Crippen LogP contribution in [0.2, 0.25) is 0 Å². The second kappa shape index (κ2) is 11.3. The molecule has 0 fully saturated rings. The molecule has 2 rings (SSSR count). The van der Waals surface area contributed by atoms with E-state index in [4.69, 9.17) is 4.74 Å². The molecule has 30 heavy (non-hydrogen) atoms. The summed E-state index contributed by atoms with van der Waals surface area (Å²) in [5, 5.41) is 2.96. The van der Waals surface area contributed by atoms with Crippen molar-refractivity contribution in [3.8, 4) is 5.75 Å². The van der Waals surface area contributed by atoms with Crippen LogP contribution in [0, 0.1) is 12.7 Å². The van der Waals surface area contributed by atoms with Gasteiger partial charge in [0, 0.05) is 12.6 Å². The maximum absolute atomic E-state index is 13.8. The van der Waals surface area contributed by atoms with E-state index in [1.807, 2.05) is 52.0 Å². The molecule has 2 atom stereocenters. The minimum Gasteiger partial charge on any atom is -0.481 e. The molecule has 2 aromatic carbocycles. The van der Waals surface area contributed by atoms with E-state index in [0.717, 1.165) is 17.5 Å². The number of amides is 2. The Morgan fingerprint density at radius 3 is 2.33 bits per heavy atom. The quantitative estimate of drug-likeness (QED) is 0.633. The summed E-state index contributed by atoms with van der Waals surface area (Å²) in [7, 11) is 0. The molecule has 0 aliphatic rings. The Balaban J connectivity index is 2.21. The van der Waals surface area contributed by atoms with Crippen LogP contribution in [0.15, 0.2) is 48.5 Å². The molecule has 0 heterocycles. The van der Waals surface area contributed by atoms with Crippen molar-refractivity contribution in [2.75, 3.05) is 6.61 Å². The summed E-state index contributed by atoms with van der Waals surface area (Å²) in [5.74, 6) is -1.08. The van der Waals surface area contributed by atoms with Crippen LogP contribution >= 0.6 is 0 Å². The van der Waals surface area contributed by atoms with Gasteiger partial charge < -0.3 is 15.0 Å². The predicted molar refractivity (Wildman–Crippen MR) is 116 cm³/mol. The largest absolute Gasteiger partial charge is 0.481 e. The van der Waals surface area contributed by atoms with Crippen molar-refractivity contribution in [2.24, 2.45) is 0 Å². The maximum Gasteiger partial charge on any atom is 0.261 e. The van der Waals surface area contributed by atoms with Gasteiger partial charge in [-0.15, -0.1) is 0 Å². The monoisotopic (exact) mass is 414 g/mol. The van der Waals surface area contributed by atoms with Gasteiger partial charge in [-0.1, -0.05) is 55.8 Å². The first kappa shape index (κ1) is 23.4. The zero-order valence-electron chi connectivity index (χ0n) is 18.2. The topological polar surface area (TPSA) is 58.6 Å². The molecule has 0 aliphatic heterocycles. The Morgan fingerprint density at radius 1 is 1.07 bits per heavy atom. The summed E-state index contributed by atoms with van der Waals surface area (Å²) in [5.41, 5.74) is 2.02. The van der Waals surface area contributed by atoms with E-state index in [1.165, 1.54) is 17.0 Å². The highest BCUT2D eigenvalue weighted by Crippen LogP contribution is 2.17. The number of benzene rings is 2. The number of carbonyl (C=O) groups excluding carboxylic acids is 2. The molecule has 5 nitrogen and oxygen atoms in total. The van der Waals surface area contributed by atoms with Gasteiger partial charge in [0.1, 0.15) is 6.04 Å². The van der Waals surface area contributed by atoms with Crippen molar-refractivity contribution in [3.05, 3.63) is 65.5 Å². The number of hydrogen-bond acceptors (Lipinski definition) is 3. The highest BCUT2D eigenvalue weighted by molar-refractivity contribution is 5.88. The molecule has 0 spiro atoms. The van der Waals surface area contributed by atoms with Crippen molar-refractivity contribution in [1.29, 1.82) is 0 Å². The van der Waals surface area contributed by atoms with Gasteiger partial charge in [-0.25, -0.2) is 4.39 Å². The first-order chi connectivity index (χ1) is 14.3. The number of halogens is 1. The zero-order valence-corrected chi connectivity index (χ0v) is 18.2. The molecular formula is C24H31FN2O3. The SMILES string of the molecule is CCC(C)NC(=O)C(CC)N(Cc1ccc(C)cc1)C(=O)COc1ccccc1F. The van der Waals surface area contributed by atoms with Crippen LogP contribution in [0.5, 0.6) is 5.75 Å². The fraction of sp³-hybridized carbons (Fsp3) is 0.417. The minimum absolute atomic E-state index is 0.0116. The Hall–Kier alpha value is -2.89. The van der Waals surface area contributed by atoms with Crippen LogP contribution in [0.4, 0.5) is 4.39 Å². The molecule has 0 bridgehead atoms. The van der Waals surface area contributed by atoms with E-state index in [9.17, 15) is 14.0 Å². The van der Waals surface area contributed by atoms with Crippen LogP contribution in [0.3, 0.4) is 0 Å². The van der Waals surface area contributed by atoms with Crippen molar-refractivity contribution in [1.82, 2.24) is 10.2 Å². The summed E-state index contributed by atoms with van der Waals surface area (Å²) in [6.45, 7) is 7.70. The smallest absolute Gasteiger partial charge is 0.261 e. The number of nitrogens with zero attached hydrogens (tertiary/aromatic N) is 1. The number of rotatable bonds is 10. The summed E-state index contributed by atoms with van der Waals surface area (Å²) >= 11 is 0. The Kier molecular flexibility index (Phi) is 8.84. The lowest BCUT2D eigenvalue weighted by Gasteiger charge is -2.31. The third kappa shape index (κ3) is 6.58. The minimum atomic E-state index is -0.642. The van der Waals surface area contributed by atoms with E-state index in [0.29, 0.717) is 6.42 Å². The lowest BCUT2D eigenvalue weighted by Crippen LogP contribution is -2.51. The van der Waals surface area contributed by atoms with Gasteiger partial charge in [0.2, 0.25) is 5.91 Å². The van der Waals surface area contributed by atoms with Gasteiger partial charge in [0.05, 0.1) is 0 Å². The van der Waals surface area contributed by atoms with E-state index in [1.54, 1.807) is 12.1 Å². The maximum atomic E-state index is 13.8. The van der Waals surface area contributed by atoms with Gasteiger partial charge in [-0.3, -0.25) is 9.59 Å². The average Bonchev–Trinajstić information content (AvgIpc) is 2.74.